The average Bonchev–Trinajstić information content (AvgIpc) is 3.55. The van der Waals surface area contributed by atoms with E-state index in [-0.39, 0.29) is 29.4 Å². The Morgan fingerprint density at radius 3 is 2.74 bits per heavy atom. The summed E-state index contributed by atoms with van der Waals surface area (Å²) < 4.78 is 21.6. The van der Waals surface area contributed by atoms with Gasteiger partial charge in [0.25, 0.3) is 11.5 Å². The number of thioether (sulfide) groups is 1. The first-order valence-corrected chi connectivity index (χ1v) is 12.9. The Bertz CT molecular complexity index is 1250. The Kier molecular flexibility index (Phi) is 6.97. The molecule has 1 aliphatic carbocycles. The molecule has 2 aromatic carbocycles. The van der Waals surface area contributed by atoms with Crippen molar-refractivity contribution < 1.29 is 13.9 Å². The van der Waals surface area contributed by atoms with Crippen LogP contribution in [0, 0.1) is 5.82 Å². The molecule has 0 bridgehead atoms. The highest BCUT2D eigenvalue weighted by molar-refractivity contribution is 7.98. The second kappa shape index (κ2) is 10.3. The minimum Gasteiger partial charge on any atom is -0.376 e. The van der Waals surface area contributed by atoms with Crippen LogP contribution in [0.25, 0.3) is 10.9 Å². The molecule has 8 heteroatoms. The van der Waals surface area contributed by atoms with Crippen molar-refractivity contribution in [3.8, 4) is 0 Å². The maximum Gasteiger partial charge on any atom is 0.262 e. The number of carbonyl (C=O) groups is 1. The van der Waals surface area contributed by atoms with Crippen molar-refractivity contribution in [2.45, 2.75) is 68.1 Å². The van der Waals surface area contributed by atoms with Gasteiger partial charge in [0.1, 0.15) is 5.82 Å². The molecule has 3 aromatic rings. The summed E-state index contributed by atoms with van der Waals surface area (Å²) in [4.78, 5) is 31.0. The number of fused-ring (bicyclic) bond motifs is 1. The molecule has 2 heterocycles. The zero-order chi connectivity index (χ0) is 23.5. The molecule has 2 aliphatic rings. The number of rotatable bonds is 7. The molecule has 0 unspecified atom stereocenters. The lowest BCUT2D eigenvalue weighted by Crippen LogP contribution is -2.32. The summed E-state index contributed by atoms with van der Waals surface area (Å²) in [6, 6.07) is 11.9. The van der Waals surface area contributed by atoms with Crippen LogP contribution >= 0.6 is 11.8 Å². The summed E-state index contributed by atoms with van der Waals surface area (Å²) in [5, 5.41) is 4.06. The molecule has 6 nitrogen and oxygen atoms in total. The van der Waals surface area contributed by atoms with Gasteiger partial charge in [0.2, 0.25) is 0 Å². The van der Waals surface area contributed by atoms with Crippen LogP contribution in [0.1, 0.15) is 54.4 Å². The lowest BCUT2D eigenvalue weighted by molar-refractivity contribution is 0.0935. The fourth-order valence-corrected chi connectivity index (χ4v) is 5.70. The van der Waals surface area contributed by atoms with Crippen LogP contribution < -0.4 is 10.9 Å². The van der Waals surface area contributed by atoms with Crippen molar-refractivity contribution in [1.82, 2.24) is 14.9 Å². The average molecular weight is 482 g/mol. The Morgan fingerprint density at radius 2 is 1.97 bits per heavy atom. The van der Waals surface area contributed by atoms with Crippen molar-refractivity contribution in [3.63, 3.8) is 0 Å². The first-order chi connectivity index (χ1) is 16.6. The van der Waals surface area contributed by atoms with Crippen LogP contribution in [-0.2, 0) is 17.0 Å². The fraction of sp³-hybridized carbons (Fsp3) is 0.423. The SMILES string of the molecule is O=C(NC1CCCC1)c1ccc2c(=O)n(C[C@@H]3CCCO3)c(SCc3ccccc3F)nc2c1. The van der Waals surface area contributed by atoms with Crippen LogP contribution in [0.5, 0.6) is 0 Å². The Balaban J connectivity index is 1.48. The molecule has 1 aliphatic heterocycles. The summed E-state index contributed by atoms with van der Waals surface area (Å²) in [6.07, 6.45) is 6.10. The monoisotopic (exact) mass is 481 g/mol. The number of benzene rings is 2. The highest BCUT2D eigenvalue weighted by Crippen LogP contribution is 2.26. The number of aromatic nitrogens is 2. The molecular formula is C26H28FN3O3S. The quantitative estimate of drug-likeness (QED) is 0.392. The van der Waals surface area contributed by atoms with Gasteiger partial charge in [0, 0.05) is 24.0 Å². The number of carbonyl (C=O) groups excluding carboxylic acids is 1. The molecule has 0 spiro atoms. The zero-order valence-electron chi connectivity index (χ0n) is 19.0. The number of nitrogens with one attached hydrogen (secondary N) is 1. The molecule has 1 aromatic heterocycles. The molecule has 5 rings (SSSR count). The lowest BCUT2D eigenvalue weighted by atomic mass is 10.1. The fourth-order valence-electron chi connectivity index (χ4n) is 4.70. The molecule has 1 saturated carbocycles. The van der Waals surface area contributed by atoms with Crippen molar-refractivity contribution in [2.24, 2.45) is 0 Å². The van der Waals surface area contributed by atoms with E-state index in [1.54, 1.807) is 41.0 Å². The molecule has 2 fully saturated rings. The highest BCUT2D eigenvalue weighted by Gasteiger charge is 2.22. The van der Waals surface area contributed by atoms with Gasteiger partial charge in [-0.05, 0) is 55.5 Å². The van der Waals surface area contributed by atoms with E-state index in [2.05, 4.69) is 5.32 Å². The summed E-state index contributed by atoms with van der Waals surface area (Å²) in [6.45, 7) is 1.10. The minimum absolute atomic E-state index is 0.0405. The second-order valence-corrected chi connectivity index (χ2v) is 9.95. The van der Waals surface area contributed by atoms with E-state index >= 15 is 0 Å². The summed E-state index contributed by atoms with van der Waals surface area (Å²) >= 11 is 1.32. The van der Waals surface area contributed by atoms with E-state index in [0.29, 0.717) is 46.1 Å². The summed E-state index contributed by atoms with van der Waals surface area (Å²) in [5.74, 6) is -0.0766. The minimum atomic E-state index is -0.283. The molecule has 34 heavy (non-hydrogen) atoms. The Labute approximate surface area is 201 Å². The summed E-state index contributed by atoms with van der Waals surface area (Å²) in [5.41, 5.74) is 1.35. The van der Waals surface area contributed by atoms with Crippen molar-refractivity contribution in [1.29, 1.82) is 0 Å². The number of hydrogen-bond donors (Lipinski definition) is 1. The first kappa shape index (κ1) is 23.1. The van der Waals surface area contributed by atoms with Gasteiger partial charge in [-0.3, -0.25) is 14.2 Å². The van der Waals surface area contributed by atoms with Crippen LogP contribution in [0.4, 0.5) is 4.39 Å². The van der Waals surface area contributed by atoms with E-state index in [4.69, 9.17) is 9.72 Å². The van der Waals surface area contributed by atoms with Crippen LogP contribution in [0.15, 0.2) is 52.4 Å². The number of halogens is 1. The van der Waals surface area contributed by atoms with E-state index < -0.39 is 0 Å². The van der Waals surface area contributed by atoms with Crippen LogP contribution in [-0.4, -0.2) is 34.2 Å². The number of nitrogens with zero attached hydrogens (tertiary/aromatic N) is 2. The lowest BCUT2D eigenvalue weighted by Gasteiger charge is -2.17. The molecular weight excluding hydrogens is 453 g/mol. The topological polar surface area (TPSA) is 73.2 Å². The van der Waals surface area contributed by atoms with E-state index in [0.717, 1.165) is 38.5 Å². The third kappa shape index (κ3) is 5.03. The highest BCUT2D eigenvalue weighted by atomic mass is 32.2. The molecule has 1 atom stereocenters. The smallest absolute Gasteiger partial charge is 0.262 e. The van der Waals surface area contributed by atoms with E-state index in [9.17, 15) is 14.0 Å². The predicted octanol–water partition coefficient (Wildman–Crippen LogP) is 4.68. The van der Waals surface area contributed by atoms with Crippen molar-refractivity contribution >= 4 is 28.6 Å². The molecule has 1 saturated heterocycles. The second-order valence-electron chi connectivity index (χ2n) is 9.01. The third-order valence-corrected chi connectivity index (χ3v) is 7.62. The normalized spacial score (nSPS) is 18.6. The predicted molar refractivity (Wildman–Crippen MR) is 131 cm³/mol. The maximum absolute atomic E-state index is 14.2. The Hall–Kier alpha value is -2.71. The van der Waals surface area contributed by atoms with Gasteiger partial charge in [0.15, 0.2) is 5.16 Å². The van der Waals surface area contributed by atoms with Gasteiger partial charge in [-0.2, -0.15) is 0 Å². The molecule has 1 amide bonds. The standard InChI is InChI=1S/C26H28FN3O3S/c27-22-10-4-1-6-18(22)16-34-26-29-23-14-17(24(31)28-19-7-2-3-8-19)11-12-21(23)25(32)30(26)15-20-9-5-13-33-20/h1,4,6,10-12,14,19-20H,2-3,5,7-9,13,15-16H2,(H,28,31)/t20-/m0/s1. The van der Waals surface area contributed by atoms with Gasteiger partial charge in [-0.15, -0.1) is 0 Å². The first-order valence-electron chi connectivity index (χ1n) is 11.9. The molecule has 178 valence electrons. The van der Waals surface area contributed by atoms with E-state index in [1.807, 2.05) is 0 Å². The third-order valence-electron chi connectivity index (χ3n) is 6.60. The summed E-state index contributed by atoms with van der Waals surface area (Å²) in [7, 11) is 0. The van der Waals surface area contributed by atoms with Gasteiger partial charge in [-0.1, -0.05) is 42.8 Å². The van der Waals surface area contributed by atoms with E-state index in [1.165, 1.54) is 17.8 Å². The Morgan fingerprint density at radius 1 is 1.15 bits per heavy atom. The van der Waals surface area contributed by atoms with Crippen molar-refractivity contribution in [3.05, 3.63) is 69.8 Å². The zero-order valence-corrected chi connectivity index (χ0v) is 19.8. The number of ether oxygens (including phenoxy) is 1. The molecule has 1 N–H and O–H groups in total. The van der Waals surface area contributed by atoms with Gasteiger partial charge in [0.05, 0.1) is 23.6 Å². The largest absolute Gasteiger partial charge is 0.376 e. The van der Waals surface area contributed by atoms with Crippen LogP contribution in [0.2, 0.25) is 0 Å². The maximum atomic E-state index is 14.2. The number of hydrogen-bond acceptors (Lipinski definition) is 5. The van der Waals surface area contributed by atoms with Gasteiger partial charge in [-0.25, -0.2) is 9.37 Å². The number of amides is 1. The van der Waals surface area contributed by atoms with Gasteiger partial charge < -0.3 is 10.1 Å². The van der Waals surface area contributed by atoms with Gasteiger partial charge >= 0.3 is 0 Å². The molecule has 0 radical (unpaired) electrons. The van der Waals surface area contributed by atoms with Crippen LogP contribution in [0.3, 0.4) is 0 Å². The van der Waals surface area contributed by atoms with Crippen molar-refractivity contribution in [2.75, 3.05) is 6.61 Å².